The Kier molecular flexibility index (Phi) is 6.21. The van der Waals surface area contributed by atoms with E-state index in [1.165, 1.54) is 0 Å². The van der Waals surface area contributed by atoms with E-state index in [0.29, 0.717) is 5.76 Å². The maximum atomic E-state index is 11.8. The fourth-order valence-electron chi connectivity index (χ4n) is 1.66. The topological polar surface area (TPSA) is 75.4 Å². The van der Waals surface area contributed by atoms with Crippen molar-refractivity contribution in [2.45, 2.75) is 32.7 Å². The van der Waals surface area contributed by atoms with Gasteiger partial charge in [0.05, 0.1) is 24.8 Å². The van der Waals surface area contributed by atoms with Gasteiger partial charge in [-0.15, -0.1) is 0 Å². The fraction of sp³-hybridized carbons (Fsp3) is 0.667. The first-order valence-corrected chi connectivity index (χ1v) is 7.28. The van der Waals surface area contributed by atoms with Crippen molar-refractivity contribution in [3.8, 4) is 0 Å². The number of carbonyl (C=O) groups is 1. The van der Waals surface area contributed by atoms with Crippen molar-refractivity contribution in [3.63, 3.8) is 0 Å². The van der Waals surface area contributed by atoms with E-state index in [1.54, 1.807) is 18.7 Å². The van der Waals surface area contributed by atoms with Crippen LogP contribution in [0.2, 0.25) is 0 Å². The Morgan fingerprint density at radius 1 is 1.56 bits per heavy atom. The number of nitrogens with one attached hydrogen (secondary N) is 1. The predicted octanol–water partition coefficient (Wildman–Crippen LogP) is 1.06. The smallest absolute Gasteiger partial charge is 0.224 e. The van der Waals surface area contributed by atoms with E-state index in [4.69, 9.17) is 4.52 Å². The van der Waals surface area contributed by atoms with Crippen LogP contribution in [-0.2, 0) is 11.2 Å². The molecule has 5 nitrogen and oxygen atoms in total. The number of nitrogens with zero attached hydrogens (tertiary/aromatic N) is 1. The van der Waals surface area contributed by atoms with Crippen molar-refractivity contribution >= 4 is 17.7 Å². The summed E-state index contributed by atoms with van der Waals surface area (Å²) in [5.41, 5.74) is 1.57. The highest BCUT2D eigenvalue weighted by molar-refractivity contribution is 7.98. The summed E-state index contributed by atoms with van der Waals surface area (Å²) in [5.74, 6) is 1.48. The first-order valence-electron chi connectivity index (χ1n) is 5.89. The fourth-order valence-corrected chi connectivity index (χ4v) is 2.18. The Bertz CT molecular complexity index is 373. The molecule has 18 heavy (non-hydrogen) atoms. The van der Waals surface area contributed by atoms with Crippen molar-refractivity contribution in [1.82, 2.24) is 10.5 Å². The molecule has 6 heteroatoms. The number of hydrogen-bond acceptors (Lipinski definition) is 5. The Balaban J connectivity index is 2.50. The van der Waals surface area contributed by atoms with Crippen LogP contribution in [0.15, 0.2) is 4.52 Å². The van der Waals surface area contributed by atoms with E-state index in [0.717, 1.165) is 23.4 Å². The zero-order valence-corrected chi connectivity index (χ0v) is 11.8. The van der Waals surface area contributed by atoms with Crippen LogP contribution in [0, 0.1) is 13.8 Å². The van der Waals surface area contributed by atoms with Gasteiger partial charge in [-0.25, -0.2) is 0 Å². The number of aliphatic hydroxyl groups excluding tert-OH is 1. The summed E-state index contributed by atoms with van der Waals surface area (Å²) >= 11 is 1.70. The third-order valence-corrected chi connectivity index (χ3v) is 3.42. The van der Waals surface area contributed by atoms with Crippen molar-refractivity contribution in [2.75, 3.05) is 18.6 Å². The van der Waals surface area contributed by atoms with Crippen LogP contribution >= 0.6 is 11.8 Å². The lowest BCUT2D eigenvalue weighted by atomic mass is 10.1. The molecule has 1 atom stereocenters. The first-order chi connectivity index (χ1) is 8.58. The number of aryl methyl sites for hydroxylation is 2. The Morgan fingerprint density at radius 3 is 2.78 bits per heavy atom. The van der Waals surface area contributed by atoms with Crippen LogP contribution in [-0.4, -0.2) is 40.8 Å². The number of thioether (sulfide) groups is 1. The van der Waals surface area contributed by atoms with Crippen molar-refractivity contribution in [1.29, 1.82) is 0 Å². The van der Waals surface area contributed by atoms with Crippen LogP contribution in [0.5, 0.6) is 0 Å². The summed E-state index contributed by atoms with van der Waals surface area (Å²) < 4.78 is 5.01. The molecule has 1 aromatic heterocycles. The second-order valence-corrected chi connectivity index (χ2v) is 5.19. The molecule has 0 spiro atoms. The summed E-state index contributed by atoms with van der Waals surface area (Å²) in [6.07, 6.45) is 3.02. The first kappa shape index (κ1) is 15.0. The van der Waals surface area contributed by atoms with Gasteiger partial charge in [-0.2, -0.15) is 11.8 Å². The number of hydrogen-bond donors (Lipinski definition) is 2. The molecular formula is C12H20N2O3S. The van der Waals surface area contributed by atoms with Gasteiger partial charge in [0.15, 0.2) is 0 Å². The molecule has 0 radical (unpaired) electrons. The maximum Gasteiger partial charge on any atom is 0.224 e. The molecule has 1 aromatic rings. The Hall–Kier alpha value is -1.01. The zero-order valence-electron chi connectivity index (χ0n) is 11.0. The highest BCUT2D eigenvalue weighted by atomic mass is 32.2. The minimum atomic E-state index is -0.176. The van der Waals surface area contributed by atoms with Gasteiger partial charge >= 0.3 is 0 Å². The second-order valence-electron chi connectivity index (χ2n) is 4.21. The minimum Gasteiger partial charge on any atom is -0.394 e. The molecule has 2 N–H and O–H groups in total. The second kappa shape index (κ2) is 7.43. The molecule has 0 unspecified atom stereocenters. The van der Waals surface area contributed by atoms with E-state index < -0.39 is 0 Å². The normalized spacial score (nSPS) is 12.4. The van der Waals surface area contributed by atoms with Gasteiger partial charge in [0.1, 0.15) is 5.76 Å². The standard InChI is InChI=1S/C12H20N2O3S/c1-8-11(9(2)17-14-8)6-12(16)13-10(7-15)4-5-18-3/h10,15H,4-7H2,1-3H3,(H,13,16)/t10-/m0/s1. The third-order valence-electron chi connectivity index (χ3n) is 2.77. The number of carbonyl (C=O) groups excluding carboxylic acids is 1. The molecule has 0 saturated heterocycles. The molecule has 1 rings (SSSR count). The summed E-state index contributed by atoms with van der Waals surface area (Å²) in [6.45, 7) is 3.57. The lowest BCUT2D eigenvalue weighted by molar-refractivity contribution is -0.121. The molecular weight excluding hydrogens is 252 g/mol. The van der Waals surface area contributed by atoms with Crippen molar-refractivity contribution in [3.05, 3.63) is 17.0 Å². The Labute approximate surface area is 111 Å². The van der Waals surface area contributed by atoms with Gasteiger partial charge in [0, 0.05) is 5.56 Å². The highest BCUT2D eigenvalue weighted by Crippen LogP contribution is 2.12. The minimum absolute atomic E-state index is 0.0338. The van der Waals surface area contributed by atoms with Crippen molar-refractivity contribution < 1.29 is 14.4 Å². The van der Waals surface area contributed by atoms with Crippen LogP contribution in [0.25, 0.3) is 0 Å². The van der Waals surface area contributed by atoms with Gasteiger partial charge in [-0.05, 0) is 32.3 Å². The molecule has 1 heterocycles. The number of rotatable bonds is 7. The Morgan fingerprint density at radius 2 is 2.28 bits per heavy atom. The average Bonchev–Trinajstić information content (AvgIpc) is 2.66. The van der Waals surface area contributed by atoms with E-state index in [-0.39, 0.29) is 25.0 Å². The number of aliphatic hydroxyl groups is 1. The zero-order chi connectivity index (χ0) is 13.5. The largest absolute Gasteiger partial charge is 0.394 e. The third kappa shape index (κ3) is 4.34. The molecule has 0 aliphatic heterocycles. The van der Waals surface area contributed by atoms with Crippen LogP contribution in [0.3, 0.4) is 0 Å². The predicted molar refractivity (Wildman–Crippen MR) is 71.7 cm³/mol. The van der Waals surface area contributed by atoms with Crippen molar-refractivity contribution in [2.24, 2.45) is 0 Å². The van der Waals surface area contributed by atoms with Gasteiger partial charge in [0.25, 0.3) is 0 Å². The van der Waals surface area contributed by atoms with E-state index in [9.17, 15) is 9.90 Å². The molecule has 0 bridgehead atoms. The van der Waals surface area contributed by atoms with E-state index in [1.807, 2.05) is 13.2 Å². The number of amides is 1. The van der Waals surface area contributed by atoms with Gasteiger partial charge in [-0.1, -0.05) is 5.16 Å². The molecule has 0 aliphatic carbocycles. The lowest BCUT2D eigenvalue weighted by Gasteiger charge is -2.15. The quantitative estimate of drug-likeness (QED) is 0.776. The molecule has 0 aromatic carbocycles. The summed E-state index contributed by atoms with van der Waals surface area (Å²) in [7, 11) is 0. The average molecular weight is 272 g/mol. The van der Waals surface area contributed by atoms with E-state index >= 15 is 0 Å². The lowest BCUT2D eigenvalue weighted by Crippen LogP contribution is -2.38. The summed E-state index contributed by atoms with van der Waals surface area (Å²) in [5, 5.41) is 15.8. The van der Waals surface area contributed by atoms with Crippen LogP contribution < -0.4 is 5.32 Å². The molecule has 102 valence electrons. The summed E-state index contributed by atoms with van der Waals surface area (Å²) in [6, 6.07) is -0.176. The molecule has 0 saturated carbocycles. The van der Waals surface area contributed by atoms with Crippen LogP contribution in [0.4, 0.5) is 0 Å². The van der Waals surface area contributed by atoms with Gasteiger partial charge in [0.2, 0.25) is 5.91 Å². The van der Waals surface area contributed by atoms with Crippen LogP contribution in [0.1, 0.15) is 23.4 Å². The molecule has 0 fully saturated rings. The SMILES string of the molecule is CSCC[C@@H](CO)NC(=O)Cc1c(C)noc1C. The highest BCUT2D eigenvalue weighted by Gasteiger charge is 2.16. The van der Waals surface area contributed by atoms with Gasteiger partial charge < -0.3 is 14.9 Å². The monoisotopic (exact) mass is 272 g/mol. The van der Waals surface area contributed by atoms with Gasteiger partial charge in [-0.3, -0.25) is 4.79 Å². The number of aromatic nitrogens is 1. The molecule has 0 aliphatic rings. The summed E-state index contributed by atoms with van der Waals surface area (Å²) in [4.78, 5) is 11.8. The maximum absolute atomic E-state index is 11.8. The van der Waals surface area contributed by atoms with E-state index in [2.05, 4.69) is 10.5 Å². The molecule has 1 amide bonds.